The Morgan fingerprint density at radius 3 is 2.59 bits per heavy atom. The average Bonchev–Trinajstić information content (AvgIpc) is 3.31. The number of aromatic nitrogens is 1. The minimum Gasteiger partial charge on any atom is -0.356 e. The number of fused-ring (bicyclic) bond motifs is 1. The Morgan fingerprint density at radius 2 is 1.93 bits per heavy atom. The highest BCUT2D eigenvalue weighted by Crippen LogP contribution is 2.35. The molecule has 1 atom stereocenters. The van der Waals surface area contributed by atoms with E-state index in [4.69, 9.17) is 0 Å². The summed E-state index contributed by atoms with van der Waals surface area (Å²) in [6.45, 7) is 3.66. The molecule has 1 amide bonds. The van der Waals surface area contributed by atoms with Crippen LogP contribution in [0.3, 0.4) is 0 Å². The Labute approximate surface area is 164 Å². The normalized spacial score (nSPS) is 22.0. The average molecular weight is 408 g/mol. The predicted octanol–water partition coefficient (Wildman–Crippen LogP) is 2.63. The number of carbonyl (C=O) groups excluding carboxylic acids is 1. The highest BCUT2D eigenvalue weighted by molar-refractivity contribution is 7.89. The zero-order valence-electron chi connectivity index (χ0n) is 15.7. The van der Waals surface area contributed by atoms with Crippen LogP contribution < -0.4 is 0 Å². The van der Waals surface area contributed by atoms with Gasteiger partial charge in [0, 0.05) is 49.9 Å². The monoisotopic (exact) mass is 407 g/mol. The minimum absolute atomic E-state index is 0.0881. The molecule has 0 spiro atoms. The van der Waals surface area contributed by atoms with Crippen molar-refractivity contribution in [3.05, 3.63) is 40.3 Å². The fourth-order valence-electron chi connectivity index (χ4n) is 4.17. The van der Waals surface area contributed by atoms with Crippen LogP contribution in [0, 0.1) is 5.92 Å². The third-order valence-corrected chi connectivity index (χ3v) is 8.68. The van der Waals surface area contributed by atoms with Crippen molar-refractivity contribution < 1.29 is 13.2 Å². The van der Waals surface area contributed by atoms with Crippen molar-refractivity contribution in [2.24, 2.45) is 13.0 Å². The molecule has 2 aromatic rings. The molecular formula is C19H25N3O3S2. The van der Waals surface area contributed by atoms with Gasteiger partial charge in [0.05, 0.1) is 10.9 Å². The maximum Gasteiger partial charge on any atom is 0.244 e. The van der Waals surface area contributed by atoms with Gasteiger partial charge in [-0.05, 0) is 49.3 Å². The second-order valence-corrected chi connectivity index (χ2v) is 10.4. The number of hydrogen-bond donors (Lipinski definition) is 0. The summed E-state index contributed by atoms with van der Waals surface area (Å²) in [4.78, 5) is 16.8. The number of carbonyl (C=O) groups is 1. The van der Waals surface area contributed by atoms with E-state index in [9.17, 15) is 13.2 Å². The van der Waals surface area contributed by atoms with Crippen molar-refractivity contribution in [1.29, 1.82) is 0 Å². The van der Waals surface area contributed by atoms with E-state index >= 15 is 0 Å². The van der Waals surface area contributed by atoms with Crippen molar-refractivity contribution >= 4 is 27.3 Å². The first-order valence-corrected chi connectivity index (χ1v) is 11.7. The Hall–Kier alpha value is -1.64. The van der Waals surface area contributed by atoms with E-state index in [0.717, 1.165) is 13.0 Å². The van der Waals surface area contributed by atoms with Crippen LogP contribution in [0.15, 0.2) is 34.8 Å². The van der Waals surface area contributed by atoms with Gasteiger partial charge in [-0.25, -0.2) is 8.42 Å². The summed E-state index contributed by atoms with van der Waals surface area (Å²) in [6.07, 6.45) is 5.46. The number of hydrogen-bond acceptors (Lipinski definition) is 4. The van der Waals surface area contributed by atoms with Crippen LogP contribution in [0.2, 0.25) is 0 Å². The van der Waals surface area contributed by atoms with Gasteiger partial charge >= 0.3 is 0 Å². The van der Waals surface area contributed by atoms with Crippen molar-refractivity contribution in [2.75, 3.05) is 19.6 Å². The highest BCUT2D eigenvalue weighted by Gasteiger charge is 2.36. The van der Waals surface area contributed by atoms with Crippen LogP contribution in [0.5, 0.6) is 0 Å². The van der Waals surface area contributed by atoms with Gasteiger partial charge in [0.1, 0.15) is 0 Å². The summed E-state index contributed by atoms with van der Waals surface area (Å²) in [6, 6.07) is 3.86. The topological polar surface area (TPSA) is 62.6 Å². The summed E-state index contributed by atoms with van der Waals surface area (Å²) in [7, 11) is -1.66. The molecule has 4 rings (SSSR count). The molecule has 0 unspecified atom stereocenters. The van der Waals surface area contributed by atoms with Gasteiger partial charge in [-0.2, -0.15) is 4.31 Å². The fourth-order valence-corrected chi connectivity index (χ4v) is 6.65. The molecule has 0 aliphatic carbocycles. The second kappa shape index (κ2) is 7.07. The number of thiophene rings is 1. The van der Waals surface area contributed by atoms with Crippen molar-refractivity contribution in [3.63, 3.8) is 0 Å². The summed E-state index contributed by atoms with van der Waals surface area (Å²) in [5.41, 5.74) is 1.27. The molecule has 0 bridgehead atoms. The zero-order chi connectivity index (χ0) is 19.2. The van der Waals surface area contributed by atoms with Crippen molar-refractivity contribution in [1.82, 2.24) is 13.8 Å². The fraction of sp³-hybridized carbons (Fsp3) is 0.526. The van der Waals surface area contributed by atoms with Gasteiger partial charge in [-0.1, -0.05) is 0 Å². The molecule has 1 fully saturated rings. The van der Waals surface area contributed by atoms with E-state index in [1.54, 1.807) is 34.4 Å². The highest BCUT2D eigenvalue weighted by atomic mass is 32.2. The van der Waals surface area contributed by atoms with Gasteiger partial charge < -0.3 is 9.47 Å². The molecule has 2 aliphatic rings. The van der Waals surface area contributed by atoms with Crippen LogP contribution in [0.1, 0.15) is 36.2 Å². The molecule has 8 heteroatoms. The standard InChI is InChI=1S/C19H25N3O3S2/c1-14-17-7-12-26-18(17)6-11-22(14)19(23)15-3-9-21(10-4-15)27(24,25)16-5-8-20(2)13-16/h5,7-8,12-15H,3-4,6,9-11H2,1-2H3/t14-/m0/s1. The largest absolute Gasteiger partial charge is 0.356 e. The van der Waals surface area contributed by atoms with Crippen LogP contribution in [0.25, 0.3) is 0 Å². The Balaban J connectivity index is 1.41. The molecule has 0 radical (unpaired) electrons. The van der Waals surface area contributed by atoms with E-state index < -0.39 is 10.0 Å². The zero-order valence-corrected chi connectivity index (χ0v) is 17.3. The molecule has 0 saturated carbocycles. The Kier molecular flexibility index (Phi) is 4.90. The lowest BCUT2D eigenvalue weighted by atomic mass is 9.93. The maximum atomic E-state index is 13.1. The van der Waals surface area contributed by atoms with Gasteiger partial charge in [0.15, 0.2) is 0 Å². The van der Waals surface area contributed by atoms with Gasteiger partial charge in [0.25, 0.3) is 0 Å². The minimum atomic E-state index is -3.47. The lowest BCUT2D eigenvalue weighted by Gasteiger charge is -2.38. The van der Waals surface area contributed by atoms with E-state index in [2.05, 4.69) is 18.4 Å². The molecule has 27 heavy (non-hydrogen) atoms. The molecule has 0 aromatic carbocycles. The van der Waals surface area contributed by atoms with Gasteiger partial charge in [0.2, 0.25) is 15.9 Å². The van der Waals surface area contributed by atoms with Crippen molar-refractivity contribution in [2.45, 2.75) is 37.1 Å². The van der Waals surface area contributed by atoms with E-state index in [1.165, 1.54) is 14.7 Å². The van der Waals surface area contributed by atoms with Crippen LogP contribution in [0.4, 0.5) is 0 Å². The molecule has 6 nitrogen and oxygen atoms in total. The number of amides is 1. The molecule has 2 aliphatic heterocycles. The van der Waals surface area contributed by atoms with Crippen LogP contribution in [-0.2, 0) is 28.3 Å². The molecule has 2 aromatic heterocycles. The molecule has 4 heterocycles. The summed E-state index contributed by atoms with van der Waals surface area (Å²) >= 11 is 1.77. The smallest absolute Gasteiger partial charge is 0.244 e. The van der Waals surface area contributed by atoms with E-state index in [0.29, 0.717) is 30.8 Å². The molecule has 146 valence electrons. The third-order valence-electron chi connectivity index (χ3n) is 5.81. The first-order chi connectivity index (χ1) is 12.9. The number of piperidine rings is 1. The number of nitrogens with zero attached hydrogens (tertiary/aromatic N) is 3. The SMILES string of the molecule is C[C@H]1c2ccsc2CCN1C(=O)C1CCN(S(=O)(=O)c2ccn(C)c2)CC1. The predicted molar refractivity (Wildman–Crippen MR) is 105 cm³/mol. The molecular weight excluding hydrogens is 382 g/mol. The first kappa shape index (κ1) is 18.7. The first-order valence-electron chi connectivity index (χ1n) is 9.37. The van der Waals surface area contributed by atoms with Gasteiger partial charge in [-0.15, -0.1) is 11.3 Å². The second-order valence-electron chi connectivity index (χ2n) is 7.45. The van der Waals surface area contributed by atoms with Gasteiger partial charge in [-0.3, -0.25) is 4.79 Å². The number of aryl methyl sites for hydroxylation is 1. The van der Waals surface area contributed by atoms with Crippen LogP contribution in [-0.4, -0.2) is 47.7 Å². The third kappa shape index (κ3) is 3.34. The van der Waals surface area contributed by atoms with E-state index in [-0.39, 0.29) is 17.9 Å². The van der Waals surface area contributed by atoms with Crippen LogP contribution >= 0.6 is 11.3 Å². The Morgan fingerprint density at radius 1 is 1.19 bits per heavy atom. The Bertz CT molecular complexity index is 939. The lowest BCUT2D eigenvalue weighted by molar-refractivity contribution is -0.139. The lowest BCUT2D eigenvalue weighted by Crippen LogP contribution is -2.46. The summed E-state index contributed by atoms with van der Waals surface area (Å²) in [5, 5.41) is 2.10. The number of rotatable bonds is 3. The molecule has 0 N–H and O–H groups in total. The summed E-state index contributed by atoms with van der Waals surface area (Å²) < 4.78 is 28.8. The van der Waals surface area contributed by atoms with Crippen molar-refractivity contribution in [3.8, 4) is 0 Å². The molecule has 1 saturated heterocycles. The summed E-state index contributed by atoms with van der Waals surface area (Å²) in [5.74, 6) is 0.0889. The number of sulfonamides is 1. The quantitative estimate of drug-likeness (QED) is 0.786. The maximum absolute atomic E-state index is 13.1. The van der Waals surface area contributed by atoms with E-state index in [1.807, 2.05) is 11.9 Å².